The van der Waals surface area contributed by atoms with Crippen molar-refractivity contribution in [3.8, 4) is 0 Å². The summed E-state index contributed by atoms with van der Waals surface area (Å²) in [4.78, 5) is 8.23. The maximum atomic E-state index is 4.15. The van der Waals surface area contributed by atoms with E-state index in [2.05, 4.69) is 43.5 Å². The predicted molar refractivity (Wildman–Crippen MR) is 62.7 cm³/mol. The lowest BCUT2D eigenvalue weighted by Crippen LogP contribution is -2.05. The van der Waals surface area contributed by atoms with Crippen LogP contribution in [0.1, 0.15) is 19.8 Å². The van der Waals surface area contributed by atoms with Gasteiger partial charge in [-0.15, -0.1) is 0 Å². The summed E-state index contributed by atoms with van der Waals surface area (Å²) in [7, 11) is 1.84. The first-order valence-electron chi connectivity index (χ1n) is 4.71. The fourth-order valence-electron chi connectivity index (χ4n) is 1.05. The van der Waals surface area contributed by atoms with E-state index in [4.69, 9.17) is 0 Å². The molecule has 4 nitrogen and oxygen atoms in total. The summed E-state index contributed by atoms with van der Waals surface area (Å²) < 4.78 is 0.888. The number of rotatable bonds is 5. The van der Waals surface area contributed by atoms with Gasteiger partial charge < -0.3 is 10.6 Å². The minimum atomic E-state index is 0.805. The summed E-state index contributed by atoms with van der Waals surface area (Å²) >= 11 is 3.44. The monoisotopic (exact) mass is 258 g/mol. The highest BCUT2D eigenvalue weighted by Gasteiger charge is 2.05. The second-order valence-corrected chi connectivity index (χ2v) is 3.71. The second-order valence-electron chi connectivity index (χ2n) is 2.92. The van der Waals surface area contributed by atoms with Crippen LogP contribution in [0.25, 0.3) is 0 Å². The average Bonchev–Trinajstić information content (AvgIpc) is 2.21. The molecule has 0 radical (unpaired) electrons. The van der Waals surface area contributed by atoms with E-state index in [1.54, 1.807) is 6.33 Å². The third kappa shape index (κ3) is 2.83. The zero-order valence-electron chi connectivity index (χ0n) is 8.47. The van der Waals surface area contributed by atoms with Crippen LogP contribution in [0.2, 0.25) is 0 Å². The zero-order chi connectivity index (χ0) is 10.4. The van der Waals surface area contributed by atoms with Crippen LogP contribution in [0.5, 0.6) is 0 Å². The number of nitrogens with one attached hydrogen (secondary N) is 2. The Hall–Kier alpha value is -0.840. The molecule has 0 amide bonds. The number of aromatic nitrogens is 2. The molecule has 1 aromatic heterocycles. The molecule has 78 valence electrons. The molecule has 0 unspecified atom stereocenters. The van der Waals surface area contributed by atoms with Gasteiger partial charge in [-0.2, -0.15) is 0 Å². The molecule has 14 heavy (non-hydrogen) atoms. The van der Waals surface area contributed by atoms with Crippen LogP contribution in [0, 0.1) is 0 Å². The Labute approximate surface area is 92.7 Å². The number of unbranched alkanes of at least 4 members (excludes halogenated alkanes) is 1. The molecule has 2 N–H and O–H groups in total. The van der Waals surface area contributed by atoms with E-state index in [0.29, 0.717) is 0 Å². The molecule has 0 saturated heterocycles. The molecule has 0 spiro atoms. The lowest BCUT2D eigenvalue weighted by Gasteiger charge is -2.08. The van der Waals surface area contributed by atoms with Crippen molar-refractivity contribution in [1.82, 2.24) is 9.97 Å². The van der Waals surface area contributed by atoms with Gasteiger partial charge in [0.25, 0.3) is 0 Å². The van der Waals surface area contributed by atoms with Crippen molar-refractivity contribution < 1.29 is 0 Å². The molecule has 1 rings (SSSR count). The first kappa shape index (κ1) is 11.2. The van der Waals surface area contributed by atoms with E-state index >= 15 is 0 Å². The van der Waals surface area contributed by atoms with E-state index < -0.39 is 0 Å². The molecule has 0 aliphatic carbocycles. The largest absolute Gasteiger partial charge is 0.372 e. The van der Waals surface area contributed by atoms with Crippen LogP contribution in [-0.4, -0.2) is 23.6 Å². The Bertz CT molecular complexity index is 290. The molecule has 0 bridgehead atoms. The van der Waals surface area contributed by atoms with Gasteiger partial charge in [0.1, 0.15) is 22.4 Å². The number of nitrogens with zero attached hydrogens (tertiary/aromatic N) is 2. The maximum absolute atomic E-state index is 4.15. The highest BCUT2D eigenvalue weighted by molar-refractivity contribution is 9.10. The van der Waals surface area contributed by atoms with Gasteiger partial charge in [-0.25, -0.2) is 9.97 Å². The van der Waals surface area contributed by atoms with Gasteiger partial charge in [0, 0.05) is 13.6 Å². The van der Waals surface area contributed by atoms with Crippen molar-refractivity contribution in [3.05, 3.63) is 10.8 Å². The minimum Gasteiger partial charge on any atom is -0.372 e. The van der Waals surface area contributed by atoms with E-state index in [1.807, 2.05) is 7.05 Å². The van der Waals surface area contributed by atoms with Crippen molar-refractivity contribution in [2.24, 2.45) is 0 Å². The van der Waals surface area contributed by atoms with Crippen LogP contribution in [0.3, 0.4) is 0 Å². The zero-order valence-corrected chi connectivity index (χ0v) is 10.1. The van der Waals surface area contributed by atoms with Gasteiger partial charge in [0.05, 0.1) is 0 Å². The molecule has 0 fully saturated rings. The predicted octanol–water partition coefficient (Wildman–Crippen LogP) is 2.49. The SMILES string of the molecule is CCCCNc1ncnc(NC)c1Br. The maximum Gasteiger partial charge on any atom is 0.145 e. The number of halogens is 1. The van der Waals surface area contributed by atoms with Crippen LogP contribution in [0.15, 0.2) is 10.8 Å². The van der Waals surface area contributed by atoms with Gasteiger partial charge in [0.15, 0.2) is 0 Å². The third-order valence-electron chi connectivity index (χ3n) is 1.85. The molecule has 0 saturated carbocycles. The van der Waals surface area contributed by atoms with Crippen LogP contribution in [-0.2, 0) is 0 Å². The summed E-state index contributed by atoms with van der Waals surface area (Å²) in [5, 5.41) is 6.24. The lowest BCUT2D eigenvalue weighted by atomic mass is 10.3. The molecular weight excluding hydrogens is 244 g/mol. The van der Waals surface area contributed by atoms with E-state index in [9.17, 15) is 0 Å². The summed E-state index contributed by atoms with van der Waals surface area (Å²) in [5.74, 6) is 1.65. The van der Waals surface area contributed by atoms with Crippen molar-refractivity contribution in [2.75, 3.05) is 24.2 Å². The molecule has 1 aromatic rings. The molecular formula is C9H15BrN4. The first-order valence-corrected chi connectivity index (χ1v) is 5.51. The van der Waals surface area contributed by atoms with Gasteiger partial charge in [0.2, 0.25) is 0 Å². The van der Waals surface area contributed by atoms with Gasteiger partial charge in [-0.1, -0.05) is 13.3 Å². The van der Waals surface area contributed by atoms with Crippen molar-refractivity contribution in [3.63, 3.8) is 0 Å². The molecule has 5 heteroatoms. The Kier molecular flexibility index (Phi) is 4.65. The molecule has 0 aromatic carbocycles. The van der Waals surface area contributed by atoms with E-state index in [0.717, 1.165) is 29.1 Å². The summed E-state index contributed by atoms with van der Waals surface area (Å²) in [6.07, 6.45) is 3.87. The van der Waals surface area contributed by atoms with Gasteiger partial charge >= 0.3 is 0 Å². The quantitative estimate of drug-likeness (QED) is 0.797. The smallest absolute Gasteiger partial charge is 0.145 e. The fourth-order valence-corrected chi connectivity index (χ4v) is 1.59. The molecule has 0 atom stereocenters. The molecule has 0 aliphatic heterocycles. The number of anilines is 2. The summed E-state index contributed by atoms with van der Waals surface area (Å²) in [5.41, 5.74) is 0. The average molecular weight is 259 g/mol. The number of hydrogen-bond acceptors (Lipinski definition) is 4. The van der Waals surface area contributed by atoms with Crippen molar-refractivity contribution in [2.45, 2.75) is 19.8 Å². The molecule has 0 aliphatic rings. The Morgan fingerprint density at radius 1 is 1.36 bits per heavy atom. The van der Waals surface area contributed by atoms with Crippen LogP contribution < -0.4 is 10.6 Å². The highest BCUT2D eigenvalue weighted by atomic mass is 79.9. The normalized spacial score (nSPS) is 9.93. The topological polar surface area (TPSA) is 49.8 Å². The Morgan fingerprint density at radius 3 is 2.71 bits per heavy atom. The Morgan fingerprint density at radius 2 is 2.07 bits per heavy atom. The lowest BCUT2D eigenvalue weighted by molar-refractivity contribution is 0.829. The highest BCUT2D eigenvalue weighted by Crippen LogP contribution is 2.25. The van der Waals surface area contributed by atoms with E-state index in [1.165, 1.54) is 6.42 Å². The van der Waals surface area contributed by atoms with Crippen LogP contribution >= 0.6 is 15.9 Å². The van der Waals surface area contributed by atoms with E-state index in [-0.39, 0.29) is 0 Å². The first-order chi connectivity index (χ1) is 6.79. The van der Waals surface area contributed by atoms with Gasteiger partial charge in [-0.05, 0) is 22.4 Å². The van der Waals surface area contributed by atoms with Crippen molar-refractivity contribution >= 4 is 27.6 Å². The van der Waals surface area contributed by atoms with Gasteiger partial charge in [-0.3, -0.25) is 0 Å². The Balaban J connectivity index is 2.66. The summed E-state index contributed by atoms with van der Waals surface area (Å²) in [6, 6.07) is 0. The standard InChI is InChI=1S/C9H15BrN4/c1-3-4-5-12-9-7(10)8(11-2)13-6-14-9/h6H,3-5H2,1-2H3,(H2,11,12,13,14). The summed E-state index contributed by atoms with van der Waals surface area (Å²) in [6.45, 7) is 3.10. The van der Waals surface area contributed by atoms with Crippen LogP contribution in [0.4, 0.5) is 11.6 Å². The van der Waals surface area contributed by atoms with Crippen molar-refractivity contribution in [1.29, 1.82) is 0 Å². The minimum absolute atomic E-state index is 0.805. The molecule has 1 heterocycles. The third-order valence-corrected chi connectivity index (χ3v) is 2.60. The second kappa shape index (κ2) is 5.80. The fraction of sp³-hybridized carbons (Fsp3) is 0.556. The number of hydrogen-bond donors (Lipinski definition) is 2.